The molecule has 2 heterocycles. The van der Waals surface area contributed by atoms with Gasteiger partial charge in [0.2, 0.25) is 5.95 Å². The molecule has 0 saturated carbocycles. The van der Waals surface area contributed by atoms with E-state index in [-0.39, 0.29) is 0 Å². The van der Waals surface area contributed by atoms with E-state index in [1.54, 1.807) is 12.4 Å². The molecule has 1 aliphatic rings. The third-order valence-corrected chi connectivity index (χ3v) is 2.72. The van der Waals surface area contributed by atoms with E-state index in [0.717, 1.165) is 25.1 Å². The van der Waals surface area contributed by atoms with Crippen molar-refractivity contribution < 1.29 is 9.90 Å². The van der Waals surface area contributed by atoms with Crippen LogP contribution in [0.25, 0.3) is 6.08 Å². The second-order valence-corrected chi connectivity index (χ2v) is 4.04. The summed E-state index contributed by atoms with van der Waals surface area (Å²) >= 11 is 0. The average molecular weight is 233 g/mol. The molecule has 1 aromatic heterocycles. The molecule has 0 atom stereocenters. The topological polar surface area (TPSA) is 66.3 Å². The molecule has 0 bridgehead atoms. The number of aliphatic carboxylic acids is 1. The molecule has 0 aliphatic carbocycles. The molecule has 1 fully saturated rings. The molecule has 5 nitrogen and oxygen atoms in total. The van der Waals surface area contributed by atoms with Crippen LogP contribution >= 0.6 is 0 Å². The Kier molecular flexibility index (Phi) is 3.69. The summed E-state index contributed by atoms with van der Waals surface area (Å²) in [5.41, 5.74) is 0.702. The molecule has 0 unspecified atom stereocenters. The monoisotopic (exact) mass is 233 g/mol. The lowest BCUT2D eigenvalue weighted by Gasteiger charge is -2.26. The average Bonchev–Trinajstić information content (AvgIpc) is 2.38. The van der Waals surface area contributed by atoms with Crippen molar-refractivity contribution in [1.29, 1.82) is 0 Å². The largest absolute Gasteiger partial charge is 0.478 e. The highest BCUT2D eigenvalue weighted by Gasteiger charge is 2.12. The molecule has 0 aromatic carbocycles. The fraction of sp³-hybridized carbons (Fsp3) is 0.417. The van der Waals surface area contributed by atoms with Gasteiger partial charge in [-0.2, -0.15) is 0 Å². The third kappa shape index (κ3) is 3.27. The molecule has 90 valence electrons. The highest BCUT2D eigenvalue weighted by molar-refractivity contribution is 5.85. The third-order valence-electron chi connectivity index (χ3n) is 2.72. The van der Waals surface area contributed by atoms with Gasteiger partial charge in [-0.3, -0.25) is 0 Å². The van der Waals surface area contributed by atoms with Crippen LogP contribution in [0.5, 0.6) is 0 Å². The number of piperidine rings is 1. The zero-order valence-electron chi connectivity index (χ0n) is 9.54. The van der Waals surface area contributed by atoms with E-state index in [1.165, 1.54) is 25.3 Å². The minimum atomic E-state index is -0.967. The number of rotatable bonds is 3. The van der Waals surface area contributed by atoms with Crippen molar-refractivity contribution in [3.63, 3.8) is 0 Å². The number of aromatic nitrogens is 2. The van der Waals surface area contributed by atoms with Crippen LogP contribution < -0.4 is 4.90 Å². The van der Waals surface area contributed by atoms with Gasteiger partial charge in [0.25, 0.3) is 0 Å². The van der Waals surface area contributed by atoms with Crippen LogP contribution in [0.15, 0.2) is 18.5 Å². The van der Waals surface area contributed by atoms with Gasteiger partial charge in [-0.1, -0.05) is 0 Å². The molecule has 0 spiro atoms. The maximum atomic E-state index is 10.4. The fourth-order valence-corrected chi connectivity index (χ4v) is 1.84. The van der Waals surface area contributed by atoms with Crippen molar-refractivity contribution in [2.45, 2.75) is 19.3 Å². The van der Waals surface area contributed by atoms with Gasteiger partial charge in [-0.25, -0.2) is 14.8 Å². The first-order chi connectivity index (χ1) is 8.25. The van der Waals surface area contributed by atoms with Crippen molar-refractivity contribution in [3.8, 4) is 0 Å². The lowest BCUT2D eigenvalue weighted by atomic mass is 10.1. The Morgan fingerprint density at radius 3 is 2.47 bits per heavy atom. The Hall–Kier alpha value is -1.91. The summed E-state index contributed by atoms with van der Waals surface area (Å²) in [6, 6.07) is 0. The molecule has 0 amide bonds. The summed E-state index contributed by atoms with van der Waals surface area (Å²) in [5, 5.41) is 8.50. The minimum absolute atomic E-state index is 0.702. The van der Waals surface area contributed by atoms with E-state index in [9.17, 15) is 4.79 Å². The Morgan fingerprint density at radius 2 is 1.88 bits per heavy atom. The second-order valence-electron chi connectivity index (χ2n) is 4.04. The Balaban J connectivity index is 2.04. The van der Waals surface area contributed by atoms with Gasteiger partial charge in [-0.05, 0) is 25.3 Å². The van der Waals surface area contributed by atoms with Gasteiger partial charge in [0.1, 0.15) is 0 Å². The molecule has 0 radical (unpaired) electrons. The Bertz CT molecular complexity index is 408. The molecule has 1 aliphatic heterocycles. The number of nitrogens with zero attached hydrogens (tertiary/aromatic N) is 3. The van der Waals surface area contributed by atoms with Crippen molar-refractivity contribution in [3.05, 3.63) is 24.0 Å². The molecule has 1 saturated heterocycles. The van der Waals surface area contributed by atoms with Crippen LogP contribution in [0.3, 0.4) is 0 Å². The maximum Gasteiger partial charge on any atom is 0.328 e. The Morgan fingerprint density at radius 1 is 1.24 bits per heavy atom. The van der Waals surface area contributed by atoms with Crippen molar-refractivity contribution >= 4 is 18.0 Å². The first-order valence-corrected chi connectivity index (χ1v) is 5.74. The number of anilines is 1. The van der Waals surface area contributed by atoms with E-state index < -0.39 is 5.97 Å². The second kappa shape index (κ2) is 5.43. The predicted octanol–water partition coefficient (Wildman–Crippen LogP) is 1.56. The molecule has 2 rings (SSSR count). The molecular formula is C12H15N3O2. The van der Waals surface area contributed by atoms with Crippen LogP contribution in [-0.4, -0.2) is 34.1 Å². The van der Waals surface area contributed by atoms with Crippen LogP contribution in [0.4, 0.5) is 5.95 Å². The summed E-state index contributed by atoms with van der Waals surface area (Å²) in [7, 11) is 0. The van der Waals surface area contributed by atoms with Gasteiger partial charge < -0.3 is 10.0 Å². The molecule has 1 N–H and O–H groups in total. The molecule has 17 heavy (non-hydrogen) atoms. The van der Waals surface area contributed by atoms with Crippen LogP contribution in [0.1, 0.15) is 24.8 Å². The predicted molar refractivity (Wildman–Crippen MR) is 64.8 cm³/mol. The highest BCUT2D eigenvalue weighted by Crippen LogP contribution is 2.15. The van der Waals surface area contributed by atoms with Crippen LogP contribution in [-0.2, 0) is 4.79 Å². The van der Waals surface area contributed by atoms with E-state index in [0.29, 0.717) is 5.56 Å². The lowest BCUT2D eigenvalue weighted by Crippen LogP contribution is -2.30. The summed E-state index contributed by atoms with van der Waals surface area (Å²) < 4.78 is 0. The molecule has 1 aromatic rings. The van der Waals surface area contributed by atoms with Crippen LogP contribution in [0, 0.1) is 0 Å². The molecular weight excluding hydrogens is 218 g/mol. The van der Waals surface area contributed by atoms with Crippen molar-refractivity contribution in [2.24, 2.45) is 0 Å². The van der Waals surface area contributed by atoms with Crippen LogP contribution in [0.2, 0.25) is 0 Å². The quantitative estimate of drug-likeness (QED) is 0.802. The van der Waals surface area contributed by atoms with E-state index in [1.807, 2.05) is 0 Å². The van der Waals surface area contributed by atoms with Crippen molar-refractivity contribution in [1.82, 2.24) is 9.97 Å². The van der Waals surface area contributed by atoms with Gasteiger partial charge >= 0.3 is 5.97 Å². The van der Waals surface area contributed by atoms with Gasteiger partial charge in [0.15, 0.2) is 0 Å². The first kappa shape index (κ1) is 11.6. The van der Waals surface area contributed by atoms with E-state index in [4.69, 9.17) is 5.11 Å². The standard InChI is InChI=1S/C12H15N3O2/c16-11(17)5-4-10-8-13-12(14-9-10)15-6-2-1-3-7-15/h4-5,8-9H,1-3,6-7H2,(H,16,17)/b5-4+. The van der Waals surface area contributed by atoms with Gasteiger partial charge in [0.05, 0.1) is 0 Å². The SMILES string of the molecule is O=C(O)/C=C/c1cnc(N2CCCCC2)nc1. The number of carboxylic acids is 1. The van der Waals surface area contributed by atoms with E-state index in [2.05, 4.69) is 14.9 Å². The Labute approximate surface area is 99.8 Å². The lowest BCUT2D eigenvalue weighted by molar-refractivity contribution is -0.131. The zero-order chi connectivity index (χ0) is 12.1. The maximum absolute atomic E-state index is 10.4. The minimum Gasteiger partial charge on any atom is -0.478 e. The molecule has 5 heteroatoms. The first-order valence-electron chi connectivity index (χ1n) is 5.74. The summed E-state index contributed by atoms with van der Waals surface area (Å²) in [5.74, 6) is -0.234. The fourth-order valence-electron chi connectivity index (χ4n) is 1.84. The number of carboxylic acid groups (broad SMARTS) is 1. The summed E-state index contributed by atoms with van der Waals surface area (Å²) in [4.78, 5) is 21.0. The van der Waals surface area contributed by atoms with Gasteiger partial charge in [0, 0.05) is 37.1 Å². The highest BCUT2D eigenvalue weighted by atomic mass is 16.4. The number of hydrogen-bond donors (Lipinski definition) is 1. The van der Waals surface area contributed by atoms with E-state index >= 15 is 0 Å². The summed E-state index contributed by atoms with van der Waals surface area (Å²) in [6.07, 6.45) is 9.51. The normalized spacial score (nSPS) is 16.4. The number of hydrogen-bond acceptors (Lipinski definition) is 4. The number of carbonyl (C=O) groups is 1. The smallest absolute Gasteiger partial charge is 0.328 e. The summed E-state index contributed by atoms with van der Waals surface area (Å²) in [6.45, 7) is 2.01. The zero-order valence-corrected chi connectivity index (χ0v) is 9.54. The van der Waals surface area contributed by atoms with Crippen molar-refractivity contribution in [2.75, 3.05) is 18.0 Å². The van der Waals surface area contributed by atoms with Gasteiger partial charge in [-0.15, -0.1) is 0 Å².